The Morgan fingerprint density at radius 1 is 0.444 bits per heavy atom. The van der Waals surface area contributed by atoms with E-state index >= 15 is 0 Å². The van der Waals surface area contributed by atoms with Crippen LogP contribution in [-0.4, -0.2) is 21.5 Å². The summed E-state index contributed by atoms with van der Waals surface area (Å²) in [6, 6.07) is 53.4. The van der Waals surface area contributed by atoms with Crippen LogP contribution in [0.1, 0.15) is 17.0 Å². The van der Waals surface area contributed by atoms with Gasteiger partial charge in [-0.15, -0.1) is 0 Å². The first-order valence-electron chi connectivity index (χ1n) is 15.4. The molecule has 0 bridgehead atoms. The summed E-state index contributed by atoms with van der Waals surface area (Å²) in [4.78, 5) is 17.3. The number of nitrogens with zero attached hydrogens (tertiary/aromatic N) is 4. The van der Waals surface area contributed by atoms with Crippen molar-refractivity contribution in [1.29, 1.82) is 0 Å². The summed E-state index contributed by atoms with van der Waals surface area (Å²) < 4.78 is 0. The van der Waals surface area contributed by atoms with Crippen LogP contribution >= 0.6 is 0 Å². The van der Waals surface area contributed by atoms with Gasteiger partial charge in [-0.2, -0.15) is 0 Å². The lowest BCUT2D eigenvalue weighted by Gasteiger charge is -2.22. The highest BCUT2D eigenvalue weighted by Gasteiger charge is 2.37. The highest BCUT2D eigenvalue weighted by molar-refractivity contribution is 5.94. The molecule has 2 aliphatic rings. The third kappa shape index (κ3) is 4.26. The maximum Gasteiger partial charge on any atom is 0.164 e. The van der Waals surface area contributed by atoms with Gasteiger partial charge in [0.2, 0.25) is 0 Å². The minimum atomic E-state index is 0.259. The van der Waals surface area contributed by atoms with Crippen LogP contribution in [0.3, 0.4) is 0 Å². The molecular formula is C41H28N4. The number of hydrogen-bond acceptors (Lipinski definition) is 4. The normalized spacial score (nSPS) is 14.3. The molecule has 6 aromatic carbocycles. The topological polar surface area (TPSA) is 41.9 Å². The van der Waals surface area contributed by atoms with Gasteiger partial charge in [0.25, 0.3) is 0 Å². The quantitative estimate of drug-likeness (QED) is 0.209. The van der Waals surface area contributed by atoms with Crippen LogP contribution in [-0.2, 0) is 0 Å². The van der Waals surface area contributed by atoms with Crippen molar-refractivity contribution >= 4 is 11.4 Å². The zero-order chi connectivity index (χ0) is 29.7. The highest BCUT2D eigenvalue weighted by Crippen LogP contribution is 2.53. The Morgan fingerprint density at radius 3 is 1.64 bits per heavy atom. The van der Waals surface area contributed by atoms with Crippen molar-refractivity contribution in [1.82, 2.24) is 15.0 Å². The molecular weight excluding hydrogens is 548 g/mol. The molecule has 1 atom stereocenters. The van der Waals surface area contributed by atoms with E-state index in [4.69, 9.17) is 15.0 Å². The molecule has 0 amide bonds. The molecule has 0 fully saturated rings. The van der Waals surface area contributed by atoms with Gasteiger partial charge in [-0.05, 0) is 51.6 Å². The van der Waals surface area contributed by atoms with Crippen LogP contribution in [0, 0.1) is 0 Å². The third-order valence-corrected chi connectivity index (χ3v) is 9.05. The molecule has 4 heteroatoms. The van der Waals surface area contributed by atoms with Gasteiger partial charge < -0.3 is 4.90 Å². The van der Waals surface area contributed by atoms with E-state index in [1.807, 2.05) is 60.7 Å². The molecule has 9 rings (SSSR count). The monoisotopic (exact) mass is 576 g/mol. The van der Waals surface area contributed by atoms with Crippen molar-refractivity contribution in [3.8, 4) is 56.4 Å². The Balaban J connectivity index is 1.19. The first kappa shape index (κ1) is 25.6. The molecule has 0 spiro atoms. The SMILES string of the molecule is c1ccc(-c2nc(-c3ccccc3)nc(-c3cccc(N4CC5c6ccccc6-c6ccccc6-c6cccc4c65)c3)n2)cc1. The van der Waals surface area contributed by atoms with Gasteiger partial charge in [-0.3, -0.25) is 0 Å². The van der Waals surface area contributed by atoms with Gasteiger partial charge in [-0.25, -0.2) is 15.0 Å². The predicted molar refractivity (Wildman–Crippen MR) is 182 cm³/mol. The first-order valence-corrected chi connectivity index (χ1v) is 15.4. The summed E-state index contributed by atoms with van der Waals surface area (Å²) in [6.45, 7) is 0.864. The van der Waals surface area contributed by atoms with Crippen molar-refractivity contribution in [2.75, 3.05) is 11.4 Å². The minimum absolute atomic E-state index is 0.259. The van der Waals surface area contributed by atoms with Crippen molar-refractivity contribution in [2.45, 2.75) is 5.92 Å². The molecule has 0 saturated carbocycles. The number of fused-ring (bicyclic) bond motifs is 5. The first-order chi connectivity index (χ1) is 22.3. The van der Waals surface area contributed by atoms with Crippen LogP contribution in [0.5, 0.6) is 0 Å². The third-order valence-electron chi connectivity index (χ3n) is 9.05. The molecule has 45 heavy (non-hydrogen) atoms. The van der Waals surface area contributed by atoms with E-state index in [1.165, 1.54) is 39.1 Å². The van der Waals surface area contributed by atoms with Crippen LogP contribution in [0.2, 0.25) is 0 Å². The minimum Gasteiger partial charge on any atom is -0.340 e. The molecule has 0 radical (unpaired) electrons. The molecule has 2 heterocycles. The summed E-state index contributed by atoms with van der Waals surface area (Å²) in [5.74, 6) is 2.25. The summed E-state index contributed by atoms with van der Waals surface area (Å²) in [5, 5.41) is 0. The number of benzene rings is 6. The Kier molecular flexibility index (Phi) is 5.91. The van der Waals surface area contributed by atoms with Crippen LogP contribution < -0.4 is 4.90 Å². The molecule has 0 saturated heterocycles. The van der Waals surface area contributed by atoms with Crippen molar-refractivity contribution < 1.29 is 0 Å². The van der Waals surface area contributed by atoms with Crippen LogP contribution in [0.15, 0.2) is 152 Å². The largest absolute Gasteiger partial charge is 0.340 e. The maximum atomic E-state index is 4.99. The maximum absolute atomic E-state index is 4.99. The summed E-state index contributed by atoms with van der Waals surface area (Å²) >= 11 is 0. The van der Waals surface area contributed by atoms with E-state index in [0.717, 1.165) is 28.9 Å². The average Bonchev–Trinajstić information content (AvgIpc) is 3.47. The summed E-state index contributed by atoms with van der Waals surface area (Å²) in [6.07, 6.45) is 0. The van der Waals surface area contributed by atoms with Gasteiger partial charge in [-0.1, -0.05) is 133 Å². The van der Waals surface area contributed by atoms with E-state index in [2.05, 4.69) is 95.9 Å². The fraction of sp³-hybridized carbons (Fsp3) is 0.0488. The Bertz CT molecular complexity index is 2150. The van der Waals surface area contributed by atoms with E-state index in [9.17, 15) is 0 Å². The number of hydrogen-bond donors (Lipinski definition) is 0. The number of anilines is 2. The van der Waals surface area contributed by atoms with Crippen LogP contribution in [0.4, 0.5) is 11.4 Å². The summed E-state index contributed by atoms with van der Waals surface area (Å²) in [7, 11) is 0. The van der Waals surface area contributed by atoms with Gasteiger partial charge in [0.1, 0.15) is 0 Å². The smallest absolute Gasteiger partial charge is 0.164 e. The van der Waals surface area contributed by atoms with Gasteiger partial charge in [0.05, 0.1) is 0 Å². The lowest BCUT2D eigenvalue weighted by Crippen LogP contribution is -2.16. The molecule has 1 aliphatic carbocycles. The molecule has 1 aromatic heterocycles. The van der Waals surface area contributed by atoms with Crippen molar-refractivity contribution in [3.05, 3.63) is 163 Å². The average molecular weight is 577 g/mol. The second kappa shape index (κ2) is 10.4. The highest BCUT2D eigenvalue weighted by atomic mass is 15.2. The lowest BCUT2D eigenvalue weighted by molar-refractivity contribution is 0.863. The van der Waals surface area contributed by atoms with Gasteiger partial charge in [0, 0.05) is 40.5 Å². The fourth-order valence-electron chi connectivity index (χ4n) is 7.01. The summed E-state index contributed by atoms with van der Waals surface area (Å²) in [5.41, 5.74) is 13.3. The lowest BCUT2D eigenvalue weighted by atomic mass is 9.89. The second-order valence-electron chi connectivity index (χ2n) is 11.6. The zero-order valence-electron chi connectivity index (χ0n) is 24.5. The van der Waals surface area contributed by atoms with Gasteiger partial charge >= 0.3 is 0 Å². The Hall–Kier alpha value is -5.87. The molecule has 4 nitrogen and oxygen atoms in total. The molecule has 0 N–H and O–H groups in total. The van der Waals surface area contributed by atoms with E-state index in [1.54, 1.807) is 0 Å². The standard InChI is InChI=1S/C41H28N4/c1-3-13-27(14-4-1)39-42-40(28-15-5-2-6-16-28)44-41(43-39)29-17-11-18-30(25-29)45-26-36-34-22-10-8-20-32(34)31-19-7-9-21-33(31)35-23-12-24-37(45)38(35)36/h1-25,36H,26H2. The van der Waals surface area contributed by atoms with Crippen LogP contribution in [0.25, 0.3) is 56.4 Å². The van der Waals surface area contributed by atoms with Gasteiger partial charge in [0.15, 0.2) is 17.5 Å². The molecule has 7 aromatic rings. The van der Waals surface area contributed by atoms with Crippen molar-refractivity contribution in [3.63, 3.8) is 0 Å². The van der Waals surface area contributed by atoms with E-state index < -0.39 is 0 Å². The second-order valence-corrected chi connectivity index (χ2v) is 11.6. The zero-order valence-corrected chi connectivity index (χ0v) is 24.5. The number of rotatable bonds is 4. The molecule has 1 aliphatic heterocycles. The molecule has 1 unspecified atom stereocenters. The fourth-order valence-corrected chi connectivity index (χ4v) is 7.01. The Morgan fingerprint density at radius 2 is 0.956 bits per heavy atom. The van der Waals surface area contributed by atoms with E-state index in [-0.39, 0.29) is 5.92 Å². The molecule has 212 valence electrons. The predicted octanol–water partition coefficient (Wildman–Crippen LogP) is 9.80. The number of aromatic nitrogens is 3. The van der Waals surface area contributed by atoms with E-state index in [0.29, 0.717) is 17.5 Å². The Labute approximate surface area is 262 Å². The van der Waals surface area contributed by atoms with Crippen molar-refractivity contribution in [2.24, 2.45) is 0 Å².